The van der Waals surface area contributed by atoms with Crippen molar-refractivity contribution in [2.75, 3.05) is 12.3 Å². The van der Waals surface area contributed by atoms with E-state index in [9.17, 15) is 18.3 Å². The van der Waals surface area contributed by atoms with Gasteiger partial charge < -0.3 is 9.84 Å². The molecule has 0 spiro atoms. The van der Waals surface area contributed by atoms with E-state index >= 15 is 0 Å². The molecule has 5 rings (SSSR count). The average Bonchev–Trinajstić information content (AvgIpc) is 3.70. The third-order valence-corrected chi connectivity index (χ3v) is 10.2. The highest BCUT2D eigenvalue weighted by atomic mass is 35.5. The van der Waals surface area contributed by atoms with E-state index in [1.165, 1.54) is 24.3 Å². The number of fused-ring (bicyclic) bond motifs is 1. The van der Waals surface area contributed by atoms with Crippen LogP contribution in [0.25, 0.3) is 10.9 Å². The summed E-state index contributed by atoms with van der Waals surface area (Å²) in [6.07, 6.45) is 1.83. The molecule has 4 aromatic rings. The van der Waals surface area contributed by atoms with Crippen LogP contribution in [0.5, 0.6) is 5.75 Å². The second-order valence-corrected chi connectivity index (χ2v) is 13.4. The van der Waals surface area contributed by atoms with Crippen LogP contribution in [0.4, 0.5) is 0 Å². The van der Waals surface area contributed by atoms with E-state index in [0.717, 1.165) is 35.0 Å². The molecule has 40 heavy (non-hydrogen) atoms. The fourth-order valence-corrected chi connectivity index (χ4v) is 7.22. The van der Waals surface area contributed by atoms with Crippen molar-refractivity contribution in [2.45, 2.75) is 36.0 Å². The number of carboxylic acid groups (broad SMARTS) is 1. The molecule has 3 aromatic carbocycles. The number of benzene rings is 3. The minimum atomic E-state index is -3.77. The summed E-state index contributed by atoms with van der Waals surface area (Å²) >= 11 is 7.49. The number of carbonyl (C=O) groups is 1. The summed E-state index contributed by atoms with van der Waals surface area (Å²) in [5.74, 6) is 0.458. The van der Waals surface area contributed by atoms with E-state index in [-0.39, 0.29) is 35.1 Å². The smallest absolute Gasteiger partial charge is 0.303 e. The highest BCUT2D eigenvalue weighted by Crippen LogP contribution is 2.53. The SMILES string of the molecule is O=C(O)CC1(CSC(CNS(=O)(=O)c2ccc(Cl)cc2)c2cccc(OCc3ccc4ccccc4n3)c2)CC1. The second kappa shape index (κ2) is 12.2. The summed E-state index contributed by atoms with van der Waals surface area (Å²) in [5, 5.41) is 10.6. The van der Waals surface area contributed by atoms with Gasteiger partial charge in [-0.2, -0.15) is 11.8 Å². The lowest BCUT2D eigenvalue weighted by Crippen LogP contribution is -2.28. The van der Waals surface area contributed by atoms with Crippen molar-refractivity contribution in [1.29, 1.82) is 0 Å². The first-order chi connectivity index (χ1) is 19.2. The number of sulfonamides is 1. The van der Waals surface area contributed by atoms with Gasteiger partial charge in [0.2, 0.25) is 10.0 Å². The van der Waals surface area contributed by atoms with E-state index < -0.39 is 16.0 Å². The summed E-state index contributed by atoms with van der Waals surface area (Å²) in [7, 11) is -3.77. The standard InChI is InChI=1S/C30H29ClN2O5S2/c31-23-9-12-26(13-10-23)40(36,37)32-18-28(39-20-30(14-15-30)17-29(34)35)22-5-3-6-25(16-22)38-19-24-11-8-21-4-1-2-7-27(21)33-24/h1-13,16,28,32H,14-15,17-20H2,(H,34,35). The normalized spacial score (nSPS) is 15.0. The third-order valence-electron chi connectivity index (χ3n) is 6.93. The number of nitrogens with one attached hydrogen (secondary N) is 1. The molecular weight excluding hydrogens is 568 g/mol. The van der Waals surface area contributed by atoms with Gasteiger partial charge in [-0.25, -0.2) is 18.1 Å². The number of halogens is 1. The number of rotatable bonds is 13. The van der Waals surface area contributed by atoms with Crippen molar-refractivity contribution >= 4 is 50.3 Å². The molecule has 1 saturated carbocycles. The van der Waals surface area contributed by atoms with E-state index in [1.54, 1.807) is 11.8 Å². The molecule has 0 aliphatic heterocycles. The molecule has 1 atom stereocenters. The van der Waals surface area contributed by atoms with Crippen molar-refractivity contribution < 1.29 is 23.1 Å². The molecular formula is C30H29ClN2O5S2. The summed E-state index contributed by atoms with van der Waals surface area (Å²) in [6, 6.07) is 25.4. The molecule has 0 saturated heterocycles. The largest absolute Gasteiger partial charge is 0.487 e. The Labute approximate surface area is 243 Å². The molecule has 208 valence electrons. The Balaban J connectivity index is 1.31. The van der Waals surface area contributed by atoms with Crippen molar-refractivity contribution in [2.24, 2.45) is 5.41 Å². The third kappa shape index (κ3) is 7.34. The Hall–Kier alpha value is -3.11. The summed E-state index contributed by atoms with van der Waals surface area (Å²) in [6.45, 7) is 0.422. The number of hydrogen-bond donors (Lipinski definition) is 2. The molecule has 10 heteroatoms. The number of hydrogen-bond acceptors (Lipinski definition) is 6. The van der Waals surface area contributed by atoms with Crippen LogP contribution in [0.1, 0.15) is 35.8 Å². The average molecular weight is 597 g/mol. The summed E-state index contributed by atoms with van der Waals surface area (Å²) in [4.78, 5) is 16.2. The first-order valence-corrected chi connectivity index (χ1v) is 15.8. The maximum atomic E-state index is 13.0. The zero-order chi connectivity index (χ0) is 28.2. The number of nitrogens with zero attached hydrogens (tertiary/aromatic N) is 1. The molecule has 1 aromatic heterocycles. The molecule has 1 fully saturated rings. The summed E-state index contributed by atoms with van der Waals surface area (Å²) < 4.78 is 34.8. The van der Waals surface area contributed by atoms with Gasteiger partial charge in [0.15, 0.2) is 0 Å². The van der Waals surface area contributed by atoms with Gasteiger partial charge in [0.1, 0.15) is 12.4 Å². The van der Waals surface area contributed by atoms with E-state index in [2.05, 4.69) is 9.71 Å². The zero-order valence-corrected chi connectivity index (χ0v) is 24.0. The Kier molecular flexibility index (Phi) is 8.65. The number of ether oxygens (including phenoxy) is 1. The second-order valence-electron chi connectivity index (χ2n) is 10.0. The maximum absolute atomic E-state index is 13.0. The molecule has 2 N–H and O–H groups in total. The van der Waals surface area contributed by atoms with E-state index in [1.807, 2.05) is 60.7 Å². The van der Waals surface area contributed by atoms with Gasteiger partial charge in [0.05, 0.1) is 22.5 Å². The number of aliphatic carboxylic acids is 1. The summed E-state index contributed by atoms with van der Waals surface area (Å²) in [5.41, 5.74) is 2.35. The minimum absolute atomic E-state index is 0.116. The molecule has 0 bridgehead atoms. The fraction of sp³-hybridized carbons (Fsp3) is 0.267. The molecule has 7 nitrogen and oxygen atoms in total. The Bertz CT molecular complexity index is 1610. The minimum Gasteiger partial charge on any atom is -0.487 e. The van der Waals surface area contributed by atoms with Crippen LogP contribution in [0, 0.1) is 5.41 Å². The topological polar surface area (TPSA) is 106 Å². The van der Waals surface area contributed by atoms with Gasteiger partial charge >= 0.3 is 5.97 Å². The number of carboxylic acids is 1. The molecule has 0 radical (unpaired) electrons. The van der Waals surface area contributed by atoms with Crippen LogP contribution < -0.4 is 9.46 Å². The van der Waals surface area contributed by atoms with Crippen molar-refractivity contribution in [3.05, 3.63) is 101 Å². The van der Waals surface area contributed by atoms with Crippen LogP contribution in [0.15, 0.2) is 89.8 Å². The van der Waals surface area contributed by atoms with Crippen LogP contribution in [0.3, 0.4) is 0 Å². The van der Waals surface area contributed by atoms with Crippen LogP contribution in [0.2, 0.25) is 5.02 Å². The Morgan fingerprint density at radius 1 is 1.05 bits per heavy atom. The van der Waals surface area contributed by atoms with Crippen LogP contribution >= 0.6 is 23.4 Å². The molecule has 1 aliphatic rings. The lowest BCUT2D eigenvalue weighted by atomic mass is 10.1. The van der Waals surface area contributed by atoms with Gasteiger partial charge in [-0.1, -0.05) is 48.0 Å². The fourth-order valence-electron chi connectivity index (χ4n) is 4.45. The van der Waals surface area contributed by atoms with Gasteiger partial charge in [0.25, 0.3) is 0 Å². The van der Waals surface area contributed by atoms with Crippen molar-refractivity contribution in [3.63, 3.8) is 0 Å². The number of thioether (sulfide) groups is 1. The first-order valence-electron chi connectivity index (χ1n) is 12.9. The lowest BCUT2D eigenvalue weighted by Gasteiger charge is -2.21. The highest BCUT2D eigenvalue weighted by Gasteiger charge is 2.44. The van der Waals surface area contributed by atoms with Crippen LogP contribution in [-0.2, 0) is 21.4 Å². The lowest BCUT2D eigenvalue weighted by molar-refractivity contribution is -0.138. The molecule has 1 aliphatic carbocycles. The molecule has 0 amide bonds. The quantitative estimate of drug-likeness (QED) is 0.182. The number of pyridine rings is 1. The Morgan fingerprint density at radius 3 is 2.58 bits per heavy atom. The van der Waals surface area contributed by atoms with E-state index in [4.69, 9.17) is 16.3 Å². The van der Waals surface area contributed by atoms with E-state index in [0.29, 0.717) is 16.5 Å². The van der Waals surface area contributed by atoms with Gasteiger partial charge in [-0.3, -0.25) is 4.79 Å². The zero-order valence-electron chi connectivity index (χ0n) is 21.6. The number of para-hydroxylation sites is 1. The molecule has 1 unspecified atom stereocenters. The predicted octanol–water partition coefficient (Wildman–Crippen LogP) is 6.47. The van der Waals surface area contributed by atoms with Gasteiger partial charge in [0, 0.05) is 28.0 Å². The van der Waals surface area contributed by atoms with Crippen molar-refractivity contribution in [3.8, 4) is 5.75 Å². The highest BCUT2D eigenvalue weighted by molar-refractivity contribution is 7.99. The maximum Gasteiger partial charge on any atom is 0.303 e. The molecule has 1 heterocycles. The predicted molar refractivity (Wildman–Crippen MR) is 158 cm³/mol. The monoisotopic (exact) mass is 596 g/mol. The number of aromatic nitrogens is 1. The Morgan fingerprint density at radius 2 is 1.82 bits per heavy atom. The van der Waals surface area contributed by atoms with Gasteiger partial charge in [-0.05, 0) is 72.4 Å². The van der Waals surface area contributed by atoms with Crippen LogP contribution in [-0.4, -0.2) is 36.8 Å². The van der Waals surface area contributed by atoms with Gasteiger partial charge in [-0.15, -0.1) is 0 Å². The van der Waals surface area contributed by atoms with Crippen molar-refractivity contribution in [1.82, 2.24) is 9.71 Å². The first kappa shape index (κ1) is 28.4.